The Morgan fingerprint density at radius 3 is 1.65 bits per heavy atom. The van der Waals surface area contributed by atoms with Crippen molar-refractivity contribution in [1.82, 2.24) is 0 Å². The zero-order valence-corrected chi connectivity index (χ0v) is 38.3. The van der Waals surface area contributed by atoms with Crippen LogP contribution < -0.4 is 8.85 Å². The van der Waals surface area contributed by atoms with Crippen LogP contribution in [-0.2, 0) is 0 Å². The lowest BCUT2D eigenvalue weighted by Gasteiger charge is -2.36. The van der Waals surface area contributed by atoms with Crippen molar-refractivity contribution in [2.24, 2.45) is 5.92 Å². The first kappa shape index (κ1) is 38.9. The lowest BCUT2D eigenvalue weighted by Crippen LogP contribution is -2.43. The van der Waals surface area contributed by atoms with Gasteiger partial charge in [0.1, 0.15) is 20.3 Å². The molecule has 0 spiro atoms. The molecule has 7 rings (SSSR count). The van der Waals surface area contributed by atoms with Crippen LogP contribution in [0.3, 0.4) is 0 Å². The number of fused-ring (bicyclic) bond motifs is 3. The summed E-state index contributed by atoms with van der Waals surface area (Å²) in [5.41, 5.74) is 12.3. The summed E-state index contributed by atoms with van der Waals surface area (Å²) >= 11 is 0. The van der Waals surface area contributed by atoms with Crippen LogP contribution in [0.15, 0.2) is 141 Å². The predicted octanol–water partition coefficient (Wildman–Crippen LogP) is 13.9. The van der Waals surface area contributed by atoms with Crippen LogP contribution in [0.4, 0.5) is 0 Å². The smallest absolute Gasteiger partial charge is 0.250 e. The third-order valence-electron chi connectivity index (χ3n) is 14.0. The molecule has 2 bridgehead atoms. The van der Waals surface area contributed by atoms with Crippen LogP contribution >= 0.6 is 0 Å². The van der Waals surface area contributed by atoms with Gasteiger partial charge >= 0.3 is 0 Å². The van der Waals surface area contributed by atoms with Gasteiger partial charge in [0.2, 0.25) is 16.6 Å². The molecular formula is C49H64O2Si3. The van der Waals surface area contributed by atoms with Crippen molar-refractivity contribution in [3.63, 3.8) is 0 Å². The Bertz CT molecular complexity index is 2050. The van der Waals surface area contributed by atoms with E-state index in [4.69, 9.17) is 8.85 Å². The lowest BCUT2D eigenvalue weighted by atomic mass is 9.86. The summed E-state index contributed by atoms with van der Waals surface area (Å²) in [5, 5.41) is 3.83. The number of hydrogen-bond acceptors (Lipinski definition) is 2. The summed E-state index contributed by atoms with van der Waals surface area (Å²) in [6, 6.07) is 19.7. The number of allylic oxidation sites excluding steroid dienone is 16. The molecule has 284 valence electrons. The highest BCUT2D eigenvalue weighted by atomic mass is 28.4. The topological polar surface area (TPSA) is 18.5 Å². The average molecular weight is 769 g/mol. The zero-order valence-electron chi connectivity index (χ0n) is 35.2. The second-order valence-electron chi connectivity index (χ2n) is 19.6. The van der Waals surface area contributed by atoms with Crippen molar-refractivity contribution in [2.45, 2.75) is 129 Å². The third-order valence-corrected chi connectivity index (χ3v) is 26.7. The van der Waals surface area contributed by atoms with E-state index in [2.05, 4.69) is 179 Å². The molecule has 4 atom stereocenters. The van der Waals surface area contributed by atoms with E-state index in [0.29, 0.717) is 5.92 Å². The normalized spacial score (nSPS) is 24.5. The van der Waals surface area contributed by atoms with Crippen molar-refractivity contribution in [1.29, 1.82) is 0 Å². The van der Waals surface area contributed by atoms with Crippen molar-refractivity contribution in [2.75, 3.05) is 0 Å². The average Bonchev–Trinajstić information content (AvgIpc) is 3.26. The van der Waals surface area contributed by atoms with Crippen molar-refractivity contribution >= 4 is 25.4 Å². The van der Waals surface area contributed by atoms with Crippen LogP contribution in [0.25, 0.3) is 0 Å². The highest BCUT2D eigenvalue weighted by molar-refractivity contribution is 6.77. The molecule has 0 fully saturated rings. The standard InChI is InChI=1S/C49H64O2Si3/c1-33-32-37-18-13-14-19-41(35-23-27-38(28-24-35)50-53(9,10)48(3,4)5)44(37)46(33)52-31-17-22-40-34(2)47(52)45-42(20-15-16-21-43(40)45)36-25-29-39(30-26-36)51-54(11,12)49(6,7)8/h13-16,18-21,23-30,40-42,52H,17,22,31-32H2,1-12H3. The zero-order chi connectivity index (χ0) is 38.8. The molecule has 0 amide bonds. The molecule has 4 unspecified atom stereocenters. The molecule has 0 aromatic heterocycles. The van der Waals surface area contributed by atoms with E-state index in [1.165, 1.54) is 35.6 Å². The van der Waals surface area contributed by atoms with E-state index >= 15 is 0 Å². The lowest BCUT2D eigenvalue weighted by molar-refractivity contribution is 0.492. The van der Waals surface area contributed by atoms with Crippen molar-refractivity contribution in [3.8, 4) is 11.5 Å². The van der Waals surface area contributed by atoms with Gasteiger partial charge in [-0.2, -0.15) is 0 Å². The molecule has 54 heavy (non-hydrogen) atoms. The molecule has 0 radical (unpaired) electrons. The second-order valence-corrected chi connectivity index (χ2v) is 31.9. The molecule has 1 heterocycles. The van der Waals surface area contributed by atoms with E-state index < -0.39 is 25.4 Å². The first-order chi connectivity index (χ1) is 25.4. The minimum atomic E-state index is -1.92. The minimum Gasteiger partial charge on any atom is -0.544 e. The highest BCUT2D eigenvalue weighted by Gasteiger charge is 2.44. The molecule has 1 aliphatic heterocycles. The fraction of sp³-hybridized carbons (Fsp3) is 0.429. The van der Waals surface area contributed by atoms with E-state index in [9.17, 15) is 0 Å². The van der Waals surface area contributed by atoms with Gasteiger partial charge < -0.3 is 8.85 Å². The molecule has 2 aromatic carbocycles. The van der Waals surface area contributed by atoms with E-state index in [-0.39, 0.29) is 21.9 Å². The van der Waals surface area contributed by atoms with Gasteiger partial charge in [-0.05, 0) is 121 Å². The first-order valence-corrected chi connectivity index (χ1v) is 28.3. The summed E-state index contributed by atoms with van der Waals surface area (Å²) < 4.78 is 13.5. The Balaban J connectivity index is 1.25. The van der Waals surface area contributed by atoms with Gasteiger partial charge in [-0.3, -0.25) is 0 Å². The fourth-order valence-corrected chi connectivity index (χ4v) is 15.5. The van der Waals surface area contributed by atoms with Gasteiger partial charge in [-0.15, -0.1) is 0 Å². The Morgan fingerprint density at radius 1 is 0.630 bits per heavy atom. The summed E-state index contributed by atoms with van der Waals surface area (Å²) in [5.74, 6) is 3.02. The number of hydrogen-bond donors (Lipinski definition) is 0. The van der Waals surface area contributed by atoms with Gasteiger partial charge in [0, 0.05) is 17.8 Å². The quantitative estimate of drug-likeness (QED) is 0.261. The van der Waals surface area contributed by atoms with Crippen molar-refractivity contribution < 1.29 is 8.85 Å². The van der Waals surface area contributed by atoms with Gasteiger partial charge in [-0.1, -0.05) is 148 Å². The number of benzene rings is 2. The maximum Gasteiger partial charge on any atom is 0.250 e. The minimum absolute atomic E-state index is 0.164. The molecule has 5 heteroatoms. The van der Waals surface area contributed by atoms with Crippen LogP contribution in [0.2, 0.25) is 42.3 Å². The third kappa shape index (κ3) is 7.10. The SMILES string of the molecule is CC1=C([SiH]2CCCC3C(C)=C2C2=C3C=CC=CC2c2ccc(O[Si](C)(C)C(C)(C)C)cc2)C2=C(C=CC=CC2c2ccc(O[Si](C)(C)C(C)(C)C)cc2)C1. The second kappa shape index (κ2) is 14.3. The van der Waals surface area contributed by atoms with Crippen LogP contribution in [0, 0.1) is 5.92 Å². The summed E-state index contributed by atoms with van der Waals surface area (Å²) in [6.45, 7) is 28.2. The van der Waals surface area contributed by atoms with E-state index in [1.54, 1.807) is 38.3 Å². The van der Waals surface area contributed by atoms with Gasteiger partial charge in [-0.25, -0.2) is 0 Å². The monoisotopic (exact) mass is 768 g/mol. The Morgan fingerprint density at radius 2 is 1.13 bits per heavy atom. The molecule has 2 nitrogen and oxygen atoms in total. The predicted molar refractivity (Wildman–Crippen MR) is 239 cm³/mol. The Kier molecular flexibility index (Phi) is 10.3. The Hall–Kier alpha value is -3.39. The summed E-state index contributed by atoms with van der Waals surface area (Å²) in [7, 11) is -5.45. The molecule has 0 N–H and O–H groups in total. The molecule has 0 saturated heterocycles. The summed E-state index contributed by atoms with van der Waals surface area (Å²) in [4.78, 5) is 0. The number of rotatable bonds is 7. The van der Waals surface area contributed by atoms with Gasteiger partial charge in [0.25, 0.3) is 0 Å². The molecule has 0 saturated carbocycles. The van der Waals surface area contributed by atoms with E-state index in [1.807, 2.05) is 0 Å². The fourth-order valence-electron chi connectivity index (χ4n) is 9.01. The largest absolute Gasteiger partial charge is 0.544 e. The molecular weight excluding hydrogens is 705 g/mol. The molecule has 2 aromatic rings. The van der Waals surface area contributed by atoms with Gasteiger partial charge in [0.15, 0.2) is 0 Å². The molecule has 5 aliphatic rings. The van der Waals surface area contributed by atoms with Crippen LogP contribution in [0.1, 0.15) is 97.6 Å². The van der Waals surface area contributed by atoms with Crippen molar-refractivity contribution in [3.05, 3.63) is 152 Å². The maximum atomic E-state index is 6.73. The van der Waals surface area contributed by atoms with E-state index in [0.717, 1.165) is 17.9 Å². The van der Waals surface area contributed by atoms with Crippen LogP contribution in [-0.4, -0.2) is 25.4 Å². The maximum absolute atomic E-state index is 6.73. The molecule has 4 aliphatic carbocycles. The van der Waals surface area contributed by atoms with Gasteiger partial charge in [0.05, 0.1) is 0 Å². The summed E-state index contributed by atoms with van der Waals surface area (Å²) in [6.07, 6.45) is 22.6. The highest BCUT2D eigenvalue weighted by Crippen LogP contribution is 2.55. The van der Waals surface area contributed by atoms with Crippen LogP contribution in [0.5, 0.6) is 11.5 Å². The Labute approximate surface area is 331 Å². The first-order valence-electron chi connectivity index (χ1n) is 20.5.